The molecule has 4 heteroatoms. The Morgan fingerprint density at radius 3 is 2.85 bits per heavy atom. The lowest BCUT2D eigenvalue weighted by molar-refractivity contribution is 0.227. The van der Waals surface area contributed by atoms with Crippen molar-refractivity contribution in [1.82, 2.24) is 4.90 Å². The van der Waals surface area contributed by atoms with E-state index >= 15 is 0 Å². The van der Waals surface area contributed by atoms with Crippen LogP contribution in [-0.4, -0.2) is 18.0 Å². The van der Waals surface area contributed by atoms with E-state index in [2.05, 4.69) is 18.9 Å². The van der Waals surface area contributed by atoms with Crippen LogP contribution in [0.3, 0.4) is 0 Å². The summed E-state index contributed by atoms with van der Waals surface area (Å²) in [6.07, 6.45) is 2.65. The lowest BCUT2D eigenvalue weighted by Gasteiger charge is -2.25. The number of hydrogen-bond donors (Lipinski definition) is 1. The minimum atomic E-state index is -0.124. The molecule has 0 saturated heterocycles. The Morgan fingerprint density at radius 1 is 1.45 bits per heavy atom. The summed E-state index contributed by atoms with van der Waals surface area (Å²) < 4.78 is 15.2. The molecule has 1 atom stereocenters. The van der Waals surface area contributed by atoms with E-state index in [-0.39, 0.29) is 5.82 Å². The first-order valence-corrected chi connectivity index (χ1v) is 8.02. The highest BCUT2D eigenvalue weighted by Crippen LogP contribution is 2.37. The molecule has 2 nitrogen and oxygen atoms in total. The summed E-state index contributed by atoms with van der Waals surface area (Å²) in [6, 6.07) is 5.86. The second kappa shape index (κ2) is 5.43. The third-order valence-corrected chi connectivity index (χ3v) is 5.66. The largest absolute Gasteiger partial charge is 0.326 e. The SMILES string of the molecule is CC(C1CC1)N(C)Cc1c(CN)sc2cccc(F)c12. The van der Waals surface area contributed by atoms with Gasteiger partial charge in [0.05, 0.1) is 0 Å². The van der Waals surface area contributed by atoms with Crippen LogP contribution in [0.2, 0.25) is 0 Å². The van der Waals surface area contributed by atoms with Gasteiger partial charge in [-0.15, -0.1) is 11.3 Å². The van der Waals surface area contributed by atoms with Crippen molar-refractivity contribution in [3.63, 3.8) is 0 Å². The number of thiophene rings is 1. The predicted octanol–water partition coefficient (Wildman–Crippen LogP) is 3.73. The van der Waals surface area contributed by atoms with E-state index in [0.29, 0.717) is 12.6 Å². The molecule has 0 radical (unpaired) electrons. The van der Waals surface area contributed by atoms with E-state index in [9.17, 15) is 4.39 Å². The number of nitrogens with two attached hydrogens (primary N) is 1. The lowest BCUT2D eigenvalue weighted by Crippen LogP contribution is -2.30. The zero-order chi connectivity index (χ0) is 14.3. The van der Waals surface area contributed by atoms with Crippen LogP contribution in [0.25, 0.3) is 10.1 Å². The van der Waals surface area contributed by atoms with Gasteiger partial charge < -0.3 is 5.73 Å². The first-order chi connectivity index (χ1) is 9.61. The van der Waals surface area contributed by atoms with E-state index in [1.54, 1.807) is 23.5 Å². The Labute approximate surface area is 123 Å². The monoisotopic (exact) mass is 292 g/mol. The molecule has 0 bridgehead atoms. The third kappa shape index (κ3) is 2.48. The number of rotatable bonds is 5. The van der Waals surface area contributed by atoms with Gasteiger partial charge >= 0.3 is 0 Å². The summed E-state index contributed by atoms with van der Waals surface area (Å²) in [7, 11) is 2.13. The summed E-state index contributed by atoms with van der Waals surface area (Å²) in [5.41, 5.74) is 6.94. The van der Waals surface area contributed by atoms with E-state index in [1.807, 2.05) is 6.07 Å². The third-order valence-electron chi connectivity index (χ3n) is 4.44. The molecule has 3 rings (SSSR count). The molecule has 0 amide bonds. The summed E-state index contributed by atoms with van der Waals surface area (Å²) in [6.45, 7) is 3.54. The van der Waals surface area contributed by atoms with Crippen molar-refractivity contribution in [2.24, 2.45) is 11.7 Å². The number of nitrogens with zero attached hydrogens (tertiary/aromatic N) is 1. The van der Waals surface area contributed by atoms with Crippen molar-refractivity contribution in [3.8, 4) is 0 Å². The van der Waals surface area contributed by atoms with Crippen LogP contribution in [0.15, 0.2) is 18.2 Å². The quantitative estimate of drug-likeness (QED) is 0.910. The van der Waals surface area contributed by atoms with E-state index in [1.165, 1.54) is 12.8 Å². The van der Waals surface area contributed by atoms with Gasteiger partial charge in [0.15, 0.2) is 0 Å². The topological polar surface area (TPSA) is 29.3 Å². The fraction of sp³-hybridized carbons (Fsp3) is 0.500. The summed E-state index contributed by atoms with van der Waals surface area (Å²) in [5.74, 6) is 0.692. The van der Waals surface area contributed by atoms with Crippen LogP contribution in [0, 0.1) is 11.7 Å². The maximum atomic E-state index is 14.2. The fourth-order valence-corrected chi connectivity index (χ4v) is 3.99. The Morgan fingerprint density at radius 2 is 2.20 bits per heavy atom. The van der Waals surface area contributed by atoms with E-state index in [4.69, 9.17) is 5.73 Å². The molecule has 1 aromatic carbocycles. The van der Waals surface area contributed by atoms with Crippen LogP contribution in [-0.2, 0) is 13.1 Å². The molecule has 1 heterocycles. The minimum absolute atomic E-state index is 0.124. The molecule has 1 aliphatic carbocycles. The molecule has 1 aliphatic rings. The summed E-state index contributed by atoms with van der Waals surface area (Å²) in [5, 5.41) is 0.771. The molecule has 1 saturated carbocycles. The molecular formula is C16H21FN2S. The normalized spacial score (nSPS) is 17.1. The van der Waals surface area contributed by atoms with Crippen molar-refractivity contribution < 1.29 is 4.39 Å². The number of benzene rings is 1. The minimum Gasteiger partial charge on any atom is -0.326 e. The zero-order valence-corrected chi connectivity index (χ0v) is 12.8. The molecular weight excluding hydrogens is 271 g/mol. The van der Waals surface area contributed by atoms with Crippen molar-refractivity contribution in [3.05, 3.63) is 34.5 Å². The second-order valence-electron chi connectivity index (χ2n) is 5.81. The molecule has 0 aliphatic heterocycles. The van der Waals surface area contributed by atoms with Gasteiger partial charge in [-0.25, -0.2) is 4.39 Å². The zero-order valence-electron chi connectivity index (χ0n) is 12.0. The van der Waals surface area contributed by atoms with E-state index < -0.39 is 0 Å². The number of hydrogen-bond acceptors (Lipinski definition) is 3. The highest BCUT2D eigenvalue weighted by atomic mass is 32.1. The van der Waals surface area contributed by atoms with Crippen molar-refractivity contribution in [2.75, 3.05) is 7.05 Å². The second-order valence-corrected chi connectivity index (χ2v) is 6.95. The highest BCUT2D eigenvalue weighted by molar-refractivity contribution is 7.19. The maximum Gasteiger partial charge on any atom is 0.132 e. The Balaban J connectivity index is 1.96. The van der Waals surface area contributed by atoms with Gasteiger partial charge in [-0.2, -0.15) is 0 Å². The predicted molar refractivity (Wildman–Crippen MR) is 83.3 cm³/mol. The number of halogens is 1. The first-order valence-electron chi connectivity index (χ1n) is 7.21. The van der Waals surface area contributed by atoms with Crippen molar-refractivity contribution in [1.29, 1.82) is 0 Å². The standard InChI is InChI=1S/C16H21FN2S/c1-10(11-6-7-11)19(2)9-12-15(8-18)20-14-5-3-4-13(17)16(12)14/h3-5,10-11H,6-9,18H2,1-2H3. The van der Waals surface area contributed by atoms with Crippen LogP contribution in [0.5, 0.6) is 0 Å². The van der Waals surface area contributed by atoms with Gasteiger partial charge in [0.25, 0.3) is 0 Å². The van der Waals surface area contributed by atoms with Crippen LogP contribution >= 0.6 is 11.3 Å². The molecule has 1 unspecified atom stereocenters. The van der Waals surface area contributed by atoms with E-state index in [0.717, 1.165) is 33.0 Å². The summed E-state index contributed by atoms with van der Waals surface area (Å²) in [4.78, 5) is 3.45. The van der Waals surface area contributed by atoms with Crippen LogP contribution in [0.4, 0.5) is 4.39 Å². The van der Waals surface area contributed by atoms with Gasteiger partial charge in [0, 0.05) is 34.1 Å². The fourth-order valence-electron chi connectivity index (χ4n) is 2.88. The average Bonchev–Trinajstić information content (AvgIpc) is 3.21. The number of fused-ring (bicyclic) bond motifs is 1. The highest BCUT2D eigenvalue weighted by Gasteiger charge is 2.31. The summed E-state index contributed by atoms with van der Waals surface area (Å²) >= 11 is 1.62. The Bertz CT molecular complexity index is 618. The van der Waals surface area contributed by atoms with Crippen molar-refractivity contribution in [2.45, 2.75) is 38.9 Å². The van der Waals surface area contributed by atoms with Gasteiger partial charge in [-0.3, -0.25) is 4.90 Å². The first kappa shape index (κ1) is 14.0. The average molecular weight is 292 g/mol. The Kier molecular flexibility index (Phi) is 3.80. The maximum absolute atomic E-state index is 14.2. The lowest BCUT2D eigenvalue weighted by atomic mass is 10.1. The van der Waals surface area contributed by atoms with Crippen LogP contribution < -0.4 is 5.73 Å². The molecule has 0 spiro atoms. The molecule has 1 aromatic heterocycles. The van der Waals surface area contributed by atoms with Gasteiger partial charge in [-0.1, -0.05) is 6.07 Å². The van der Waals surface area contributed by atoms with Gasteiger partial charge in [0.2, 0.25) is 0 Å². The van der Waals surface area contributed by atoms with Gasteiger partial charge in [-0.05, 0) is 50.4 Å². The molecule has 108 valence electrons. The van der Waals surface area contributed by atoms with Gasteiger partial charge in [0.1, 0.15) is 5.82 Å². The smallest absolute Gasteiger partial charge is 0.132 e. The van der Waals surface area contributed by atoms with Crippen LogP contribution in [0.1, 0.15) is 30.2 Å². The molecule has 1 fully saturated rings. The molecule has 2 N–H and O–H groups in total. The molecule has 2 aromatic rings. The van der Waals surface area contributed by atoms with Crippen molar-refractivity contribution >= 4 is 21.4 Å². The molecule has 20 heavy (non-hydrogen) atoms. The Hall–Kier alpha value is -0.970.